The van der Waals surface area contributed by atoms with Crippen molar-refractivity contribution in [3.63, 3.8) is 0 Å². The van der Waals surface area contributed by atoms with Crippen molar-refractivity contribution in [1.29, 1.82) is 0 Å². The fraction of sp³-hybridized carbons (Fsp3) is 0.577. The Labute approximate surface area is 234 Å². The van der Waals surface area contributed by atoms with Gasteiger partial charge in [0.1, 0.15) is 23.6 Å². The molecule has 13 nitrogen and oxygen atoms in total. The van der Waals surface area contributed by atoms with Gasteiger partial charge < -0.3 is 30.1 Å². The van der Waals surface area contributed by atoms with E-state index in [1.807, 2.05) is 0 Å². The van der Waals surface area contributed by atoms with E-state index in [9.17, 15) is 33.9 Å². The van der Waals surface area contributed by atoms with Crippen LogP contribution in [0.5, 0.6) is 0 Å². The van der Waals surface area contributed by atoms with Crippen LogP contribution in [-0.4, -0.2) is 85.5 Å². The second-order valence-corrected chi connectivity index (χ2v) is 11.1. The Morgan fingerprint density at radius 2 is 1.90 bits per heavy atom. The average Bonchev–Trinajstić information content (AvgIpc) is 3.60. The minimum Gasteiger partial charge on any atom is -0.443 e. The fourth-order valence-corrected chi connectivity index (χ4v) is 4.92. The second kappa shape index (κ2) is 11.8. The number of carbonyl (C=O) groups is 1. The zero-order valence-electron chi connectivity index (χ0n) is 23.0. The van der Waals surface area contributed by atoms with Crippen molar-refractivity contribution in [1.82, 2.24) is 9.97 Å². The Kier molecular flexibility index (Phi) is 8.73. The number of nitrogens with zero attached hydrogens (tertiary/aromatic N) is 4. The number of ether oxygens (including phenoxy) is 2. The highest BCUT2D eigenvalue weighted by Crippen LogP contribution is 2.49. The smallest absolute Gasteiger partial charge is 0.416 e. The van der Waals surface area contributed by atoms with E-state index in [4.69, 9.17) is 14.6 Å². The monoisotopic (exact) mass is 581 g/mol. The number of benzene rings is 1. The molecule has 1 aromatic heterocycles. The van der Waals surface area contributed by atoms with Gasteiger partial charge in [-0.3, -0.25) is 15.0 Å². The second-order valence-electron chi connectivity index (χ2n) is 11.1. The lowest BCUT2D eigenvalue weighted by Crippen LogP contribution is -2.40. The summed E-state index contributed by atoms with van der Waals surface area (Å²) in [5.41, 5.74) is -1.27. The molecule has 2 fully saturated rings. The Balaban J connectivity index is 1.73. The molecule has 15 heteroatoms. The topological polar surface area (TPSA) is 180 Å². The molecule has 0 aliphatic heterocycles. The van der Waals surface area contributed by atoms with Crippen LogP contribution in [0.3, 0.4) is 0 Å². The number of aliphatic hydroxyl groups excluding tert-OH is 3. The molecule has 1 aromatic carbocycles. The summed E-state index contributed by atoms with van der Waals surface area (Å²) in [5, 5.41) is 45.2. The third-order valence-electron chi connectivity index (χ3n) is 6.81. The molecule has 2 aliphatic rings. The normalized spacial score (nSPS) is 25.6. The highest BCUT2D eigenvalue weighted by atomic mass is 19.2. The summed E-state index contributed by atoms with van der Waals surface area (Å²) in [6, 6.07) is 1.70. The van der Waals surface area contributed by atoms with E-state index in [0.29, 0.717) is 5.56 Å². The molecule has 2 aromatic rings. The van der Waals surface area contributed by atoms with Gasteiger partial charge in [0, 0.05) is 12.0 Å². The first kappa shape index (κ1) is 30.4. The number of aliphatic hydroxyl groups is 3. The average molecular weight is 582 g/mol. The number of amides is 1. The van der Waals surface area contributed by atoms with Gasteiger partial charge in [-0.2, -0.15) is 0 Å². The van der Waals surface area contributed by atoms with Gasteiger partial charge in [-0.25, -0.2) is 23.5 Å². The van der Waals surface area contributed by atoms with Crippen molar-refractivity contribution >= 4 is 23.4 Å². The summed E-state index contributed by atoms with van der Waals surface area (Å²) >= 11 is 0. The summed E-state index contributed by atoms with van der Waals surface area (Å²) in [4.78, 5) is 34.5. The summed E-state index contributed by atoms with van der Waals surface area (Å²) in [7, 11) is 0. The standard InChI is InChI=1S/C26H33F2N5O8/c1-12-29-23(31-17-11-19(40-8-7-34)22(36)21(17)35)20(33(38)39)24(30-12)32(25(37)41-26(2,3)4)18-10-14(18)13-5-6-15(27)16(28)9-13/h5-6,9,14,17-19,21-22,34-36H,7-8,10-11H2,1-4H3,(H,29,30,31)/t14-,17+,18+,19-,21-,22+/m0/s1. The zero-order valence-corrected chi connectivity index (χ0v) is 23.0. The van der Waals surface area contributed by atoms with Crippen LogP contribution in [0.1, 0.15) is 50.9 Å². The maximum absolute atomic E-state index is 14.0. The lowest BCUT2D eigenvalue weighted by Gasteiger charge is -2.27. The van der Waals surface area contributed by atoms with Crippen molar-refractivity contribution in [2.45, 2.75) is 82.5 Å². The van der Waals surface area contributed by atoms with Crippen LogP contribution in [0, 0.1) is 28.7 Å². The first-order valence-electron chi connectivity index (χ1n) is 13.1. The fourth-order valence-electron chi connectivity index (χ4n) is 4.92. The van der Waals surface area contributed by atoms with Gasteiger partial charge in [0.15, 0.2) is 11.6 Å². The Morgan fingerprint density at radius 3 is 2.51 bits per heavy atom. The van der Waals surface area contributed by atoms with E-state index in [1.165, 1.54) is 13.0 Å². The third-order valence-corrected chi connectivity index (χ3v) is 6.81. The first-order valence-corrected chi connectivity index (χ1v) is 13.1. The number of aryl methyl sites for hydroxylation is 1. The van der Waals surface area contributed by atoms with E-state index in [0.717, 1.165) is 17.0 Å². The number of aromatic nitrogens is 2. The van der Waals surface area contributed by atoms with Gasteiger partial charge >= 0.3 is 11.8 Å². The van der Waals surface area contributed by atoms with Crippen LogP contribution in [-0.2, 0) is 9.47 Å². The van der Waals surface area contributed by atoms with Gasteiger partial charge in [0.25, 0.3) is 0 Å². The van der Waals surface area contributed by atoms with Crippen LogP contribution in [0.2, 0.25) is 0 Å². The summed E-state index contributed by atoms with van der Waals surface area (Å²) < 4.78 is 38.4. The van der Waals surface area contributed by atoms with Crippen molar-refractivity contribution in [2.24, 2.45) is 0 Å². The highest BCUT2D eigenvalue weighted by Gasteiger charge is 2.51. The number of nitro groups is 1. The molecule has 0 saturated heterocycles. The lowest BCUT2D eigenvalue weighted by atomic mass is 10.1. The minimum absolute atomic E-state index is 0.0362. The van der Waals surface area contributed by atoms with E-state index >= 15 is 0 Å². The van der Waals surface area contributed by atoms with Gasteiger partial charge in [0.05, 0.1) is 30.3 Å². The third kappa shape index (κ3) is 6.69. The summed E-state index contributed by atoms with van der Waals surface area (Å²) in [6.07, 6.45) is -4.20. The van der Waals surface area contributed by atoms with Gasteiger partial charge in [-0.1, -0.05) is 6.07 Å². The van der Waals surface area contributed by atoms with E-state index in [2.05, 4.69) is 15.3 Å². The Morgan fingerprint density at radius 1 is 1.20 bits per heavy atom. The molecule has 4 rings (SSSR count). The number of halogens is 2. The van der Waals surface area contributed by atoms with Crippen molar-refractivity contribution < 1.29 is 43.3 Å². The predicted molar refractivity (Wildman–Crippen MR) is 141 cm³/mol. The molecule has 224 valence electrons. The van der Waals surface area contributed by atoms with Crippen molar-refractivity contribution in [3.05, 3.63) is 51.3 Å². The maximum atomic E-state index is 14.0. The van der Waals surface area contributed by atoms with Crippen LogP contribution in [0.25, 0.3) is 0 Å². The Hall–Kier alpha value is -3.53. The minimum atomic E-state index is -1.39. The van der Waals surface area contributed by atoms with Crippen LogP contribution < -0.4 is 10.2 Å². The zero-order chi connectivity index (χ0) is 30.2. The van der Waals surface area contributed by atoms with Gasteiger partial charge in [0.2, 0.25) is 11.6 Å². The molecule has 0 bridgehead atoms. The molecule has 0 spiro atoms. The molecule has 2 aliphatic carbocycles. The first-order chi connectivity index (χ1) is 19.2. The van der Waals surface area contributed by atoms with E-state index < -0.39 is 70.3 Å². The Bertz CT molecular complexity index is 1310. The quantitative estimate of drug-likeness (QED) is 0.252. The number of anilines is 2. The van der Waals surface area contributed by atoms with Gasteiger partial charge in [-0.15, -0.1) is 0 Å². The summed E-state index contributed by atoms with van der Waals surface area (Å²) in [5.74, 6) is -3.22. The van der Waals surface area contributed by atoms with Crippen molar-refractivity contribution in [3.8, 4) is 0 Å². The number of hydrogen-bond acceptors (Lipinski definition) is 11. The molecular formula is C26H33F2N5O8. The molecule has 41 heavy (non-hydrogen) atoms. The molecule has 1 heterocycles. The van der Waals surface area contributed by atoms with Crippen molar-refractivity contribution in [2.75, 3.05) is 23.4 Å². The number of hydrogen-bond donors (Lipinski definition) is 4. The molecule has 0 unspecified atom stereocenters. The molecule has 1 amide bonds. The molecule has 2 saturated carbocycles. The molecular weight excluding hydrogens is 548 g/mol. The van der Waals surface area contributed by atoms with E-state index in [1.54, 1.807) is 20.8 Å². The highest BCUT2D eigenvalue weighted by molar-refractivity contribution is 5.93. The molecule has 6 atom stereocenters. The maximum Gasteiger partial charge on any atom is 0.416 e. The van der Waals surface area contributed by atoms with Crippen LogP contribution in [0.4, 0.5) is 30.9 Å². The number of rotatable bonds is 9. The predicted octanol–water partition coefficient (Wildman–Crippen LogP) is 2.55. The van der Waals surface area contributed by atoms with Crippen LogP contribution >= 0.6 is 0 Å². The van der Waals surface area contributed by atoms with Crippen LogP contribution in [0.15, 0.2) is 18.2 Å². The SMILES string of the molecule is Cc1nc(N[C@@H]2C[C@H](OCCO)[C@@H](O)[C@H]2O)c([N+](=O)[O-])c(N(C(=O)OC(C)(C)C)[C@@H]2C[C@H]2c2ccc(F)c(F)c2)n1. The molecule has 0 radical (unpaired) electrons. The molecule has 4 N–H and O–H groups in total. The summed E-state index contributed by atoms with van der Waals surface area (Å²) in [6.45, 7) is 5.94. The number of nitrogens with one attached hydrogen (secondary N) is 1. The van der Waals surface area contributed by atoms with Gasteiger partial charge in [-0.05, 0) is 58.2 Å². The van der Waals surface area contributed by atoms with E-state index in [-0.39, 0.29) is 43.5 Å². The largest absolute Gasteiger partial charge is 0.443 e. The number of carbonyl (C=O) groups excluding carboxylic acids is 1. The lowest BCUT2D eigenvalue weighted by molar-refractivity contribution is -0.383.